The summed E-state index contributed by atoms with van der Waals surface area (Å²) in [5.41, 5.74) is -0.283. The van der Waals surface area contributed by atoms with Gasteiger partial charge in [0.2, 0.25) is 0 Å². The number of hydrogen-bond acceptors (Lipinski definition) is 3. The normalized spacial score (nSPS) is 20.2. The van der Waals surface area contributed by atoms with Gasteiger partial charge in [0.1, 0.15) is 5.15 Å². The van der Waals surface area contributed by atoms with Crippen molar-refractivity contribution in [3.8, 4) is 0 Å². The Morgan fingerprint density at radius 1 is 1.33 bits per heavy atom. The van der Waals surface area contributed by atoms with E-state index in [9.17, 15) is 5.11 Å². The fraction of sp³-hybridized carbons (Fsp3) is 0.500. The lowest BCUT2D eigenvalue weighted by molar-refractivity contribution is -0.0678. The molecule has 1 N–H and O–H groups in total. The van der Waals surface area contributed by atoms with Crippen LogP contribution in [0.5, 0.6) is 0 Å². The average molecular weight is 248 g/mol. The van der Waals surface area contributed by atoms with Gasteiger partial charge in [0.25, 0.3) is 0 Å². The molecule has 0 spiro atoms. The molecule has 3 nitrogen and oxygen atoms in total. The molecule has 2 heterocycles. The molecule has 1 aliphatic heterocycles. The summed E-state index contributed by atoms with van der Waals surface area (Å²) in [5.74, 6) is 0. The predicted octanol–water partition coefficient (Wildman–Crippen LogP) is 2.39. The lowest BCUT2D eigenvalue weighted by Gasteiger charge is -2.33. The van der Waals surface area contributed by atoms with Gasteiger partial charge < -0.3 is 9.84 Å². The van der Waals surface area contributed by atoms with Crippen molar-refractivity contribution < 1.29 is 9.84 Å². The molecule has 1 saturated heterocycles. The highest BCUT2D eigenvalue weighted by Crippen LogP contribution is 2.37. The first-order chi connectivity index (χ1) is 7.13. The summed E-state index contributed by atoms with van der Waals surface area (Å²) in [7, 11) is 0. The molecule has 0 bridgehead atoms. The second-order valence-corrected chi connectivity index (χ2v) is 4.34. The molecule has 0 unspecified atom stereocenters. The van der Waals surface area contributed by atoms with E-state index in [1.165, 1.54) is 0 Å². The standard InChI is InChI=1S/C10H11Cl2NO2/c11-8-7(1-4-13-9(8)12)10(14)2-5-15-6-3-10/h1,4,14H,2-3,5-6H2. The average Bonchev–Trinajstić information content (AvgIpc) is 2.23. The van der Waals surface area contributed by atoms with E-state index in [1.807, 2.05) is 0 Å². The van der Waals surface area contributed by atoms with Crippen LogP contribution in [0, 0.1) is 0 Å². The fourth-order valence-electron chi connectivity index (χ4n) is 1.76. The van der Waals surface area contributed by atoms with Gasteiger partial charge in [-0.3, -0.25) is 0 Å². The minimum atomic E-state index is -0.929. The molecule has 1 fully saturated rings. The maximum atomic E-state index is 10.4. The van der Waals surface area contributed by atoms with E-state index in [1.54, 1.807) is 12.3 Å². The number of ether oxygens (including phenoxy) is 1. The molecule has 0 amide bonds. The monoisotopic (exact) mass is 247 g/mol. The van der Waals surface area contributed by atoms with Crippen LogP contribution in [0.15, 0.2) is 12.3 Å². The van der Waals surface area contributed by atoms with E-state index in [4.69, 9.17) is 27.9 Å². The van der Waals surface area contributed by atoms with Crippen molar-refractivity contribution in [3.63, 3.8) is 0 Å². The molecule has 0 saturated carbocycles. The molecule has 5 heteroatoms. The Morgan fingerprint density at radius 2 is 2.00 bits per heavy atom. The van der Waals surface area contributed by atoms with E-state index in [0.717, 1.165) is 0 Å². The number of hydrogen-bond donors (Lipinski definition) is 1. The fourth-order valence-corrected chi connectivity index (χ4v) is 2.20. The van der Waals surface area contributed by atoms with Crippen LogP contribution >= 0.6 is 23.2 Å². The van der Waals surface area contributed by atoms with Gasteiger partial charge >= 0.3 is 0 Å². The van der Waals surface area contributed by atoms with Gasteiger partial charge in [0, 0.05) is 37.8 Å². The third-order valence-electron chi connectivity index (χ3n) is 2.67. The van der Waals surface area contributed by atoms with E-state index >= 15 is 0 Å². The van der Waals surface area contributed by atoms with Crippen LogP contribution in [0.2, 0.25) is 10.2 Å². The van der Waals surface area contributed by atoms with Gasteiger partial charge in [-0.25, -0.2) is 4.98 Å². The molecule has 1 aromatic heterocycles. The first kappa shape index (κ1) is 11.1. The summed E-state index contributed by atoms with van der Waals surface area (Å²) < 4.78 is 5.20. The lowest BCUT2D eigenvalue weighted by atomic mass is 9.87. The van der Waals surface area contributed by atoms with Gasteiger partial charge in [-0.05, 0) is 6.07 Å². The van der Waals surface area contributed by atoms with Crippen molar-refractivity contribution >= 4 is 23.2 Å². The van der Waals surface area contributed by atoms with Gasteiger partial charge in [0.05, 0.1) is 10.6 Å². The van der Waals surface area contributed by atoms with Crippen LogP contribution in [0.3, 0.4) is 0 Å². The third kappa shape index (κ3) is 2.11. The molecule has 0 aromatic carbocycles. The Bertz CT molecular complexity index is 364. The summed E-state index contributed by atoms with van der Waals surface area (Å²) in [5, 5.41) is 11.0. The number of halogens is 2. The third-order valence-corrected chi connectivity index (χ3v) is 3.43. The van der Waals surface area contributed by atoms with E-state index in [-0.39, 0.29) is 5.15 Å². The second-order valence-electron chi connectivity index (χ2n) is 3.61. The van der Waals surface area contributed by atoms with Crippen LogP contribution in [0.4, 0.5) is 0 Å². The highest BCUT2D eigenvalue weighted by molar-refractivity contribution is 6.41. The van der Waals surface area contributed by atoms with Crippen molar-refractivity contribution in [2.24, 2.45) is 0 Å². The van der Waals surface area contributed by atoms with Crippen LogP contribution in [0.25, 0.3) is 0 Å². The molecule has 0 atom stereocenters. The second kappa shape index (κ2) is 4.26. The number of aliphatic hydroxyl groups is 1. The van der Waals surface area contributed by atoms with E-state index in [2.05, 4.69) is 4.98 Å². The van der Waals surface area contributed by atoms with Gasteiger partial charge in [-0.15, -0.1) is 0 Å². The van der Waals surface area contributed by atoms with Crippen molar-refractivity contribution in [2.45, 2.75) is 18.4 Å². The Labute approximate surface area is 98.0 Å². The molecule has 0 aliphatic carbocycles. The van der Waals surface area contributed by atoms with E-state index in [0.29, 0.717) is 36.6 Å². The zero-order chi connectivity index (χ0) is 10.9. The lowest BCUT2D eigenvalue weighted by Crippen LogP contribution is -2.33. The number of pyridine rings is 1. The summed E-state index contributed by atoms with van der Waals surface area (Å²) in [6, 6.07) is 1.71. The quantitative estimate of drug-likeness (QED) is 0.776. The Hall–Kier alpha value is -0.350. The zero-order valence-corrected chi connectivity index (χ0v) is 9.55. The van der Waals surface area contributed by atoms with Gasteiger partial charge in [-0.2, -0.15) is 0 Å². The summed E-state index contributed by atoms with van der Waals surface area (Å²) in [4.78, 5) is 3.86. The van der Waals surface area contributed by atoms with Crippen LogP contribution in [0.1, 0.15) is 18.4 Å². The maximum absolute atomic E-state index is 10.4. The first-order valence-electron chi connectivity index (χ1n) is 4.74. The molecule has 2 rings (SSSR count). The van der Waals surface area contributed by atoms with Crippen LogP contribution < -0.4 is 0 Å². The van der Waals surface area contributed by atoms with Gasteiger partial charge in [-0.1, -0.05) is 23.2 Å². The minimum Gasteiger partial charge on any atom is -0.385 e. The molecule has 82 valence electrons. The summed E-state index contributed by atoms with van der Waals surface area (Å²) >= 11 is 11.8. The van der Waals surface area contributed by atoms with Crippen molar-refractivity contribution in [3.05, 3.63) is 28.0 Å². The predicted molar refractivity (Wildman–Crippen MR) is 58.2 cm³/mol. The molecular weight excluding hydrogens is 237 g/mol. The smallest absolute Gasteiger partial charge is 0.147 e. The van der Waals surface area contributed by atoms with Gasteiger partial charge in [0.15, 0.2) is 0 Å². The SMILES string of the molecule is OC1(c2ccnc(Cl)c2Cl)CCOCC1. The zero-order valence-electron chi connectivity index (χ0n) is 8.04. The van der Waals surface area contributed by atoms with Crippen molar-refractivity contribution in [2.75, 3.05) is 13.2 Å². The van der Waals surface area contributed by atoms with Crippen LogP contribution in [-0.4, -0.2) is 23.3 Å². The number of aromatic nitrogens is 1. The molecule has 1 aliphatic rings. The molecule has 0 radical (unpaired) electrons. The number of nitrogens with zero attached hydrogens (tertiary/aromatic N) is 1. The highest BCUT2D eigenvalue weighted by atomic mass is 35.5. The Kier molecular flexibility index (Phi) is 3.16. The largest absolute Gasteiger partial charge is 0.385 e. The summed E-state index contributed by atoms with van der Waals surface area (Å²) in [6.07, 6.45) is 2.62. The number of rotatable bonds is 1. The Morgan fingerprint density at radius 3 is 2.67 bits per heavy atom. The first-order valence-corrected chi connectivity index (χ1v) is 5.50. The van der Waals surface area contributed by atoms with Crippen molar-refractivity contribution in [1.29, 1.82) is 0 Å². The molecule has 15 heavy (non-hydrogen) atoms. The highest BCUT2D eigenvalue weighted by Gasteiger charge is 2.34. The maximum Gasteiger partial charge on any atom is 0.147 e. The van der Waals surface area contributed by atoms with E-state index < -0.39 is 5.60 Å². The molecular formula is C10H11Cl2NO2. The Balaban J connectivity index is 2.39. The topological polar surface area (TPSA) is 42.4 Å². The molecule has 1 aromatic rings. The van der Waals surface area contributed by atoms with Crippen LogP contribution in [-0.2, 0) is 10.3 Å². The van der Waals surface area contributed by atoms with Crippen molar-refractivity contribution in [1.82, 2.24) is 4.98 Å². The minimum absolute atomic E-state index is 0.231. The summed E-state index contributed by atoms with van der Waals surface area (Å²) in [6.45, 7) is 1.07.